The summed E-state index contributed by atoms with van der Waals surface area (Å²) in [7, 11) is 0. The van der Waals surface area contributed by atoms with Crippen molar-refractivity contribution in [2.24, 2.45) is 0 Å². The van der Waals surface area contributed by atoms with Gasteiger partial charge in [0.25, 0.3) is 0 Å². The molecule has 16 heavy (non-hydrogen) atoms. The fourth-order valence-corrected chi connectivity index (χ4v) is 2.63. The minimum Gasteiger partial charge on any atom is -0.306 e. The predicted octanol–water partition coefficient (Wildman–Crippen LogP) is 3.15. The molecule has 1 aromatic carbocycles. The van der Waals surface area contributed by atoms with Crippen LogP contribution in [0.1, 0.15) is 28.4 Å². The van der Waals surface area contributed by atoms with Crippen molar-refractivity contribution >= 4 is 11.3 Å². The molecule has 0 aliphatic rings. The molecular formula is C13H16N2S. The molecule has 0 aliphatic heterocycles. The summed E-state index contributed by atoms with van der Waals surface area (Å²) in [6, 6.07) is 10.8. The molecule has 0 aliphatic carbocycles. The number of thiazole rings is 1. The number of hydrogen-bond acceptors (Lipinski definition) is 3. The summed E-state index contributed by atoms with van der Waals surface area (Å²) in [6.07, 6.45) is 1.97. The molecule has 1 unspecified atom stereocenters. The number of nitrogens with one attached hydrogen (secondary N) is 1. The second-order valence-corrected chi connectivity index (χ2v) is 4.95. The van der Waals surface area contributed by atoms with Gasteiger partial charge in [-0.05, 0) is 19.0 Å². The van der Waals surface area contributed by atoms with Crippen molar-refractivity contribution in [1.29, 1.82) is 0 Å². The monoisotopic (exact) mass is 232 g/mol. The van der Waals surface area contributed by atoms with Gasteiger partial charge in [-0.15, -0.1) is 11.3 Å². The maximum absolute atomic E-state index is 4.32. The second-order valence-electron chi connectivity index (χ2n) is 3.68. The highest BCUT2D eigenvalue weighted by molar-refractivity contribution is 7.11. The van der Waals surface area contributed by atoms with Crippen LogP contribution in [0.15, 0.2) is 36.5 Å². The van der Waals surface area contributed by atoms with Crippen LogP contribution in [-0.4, -0.2) is 11.5 Å². The van der Waals surface area contributed by atoms with Crippen LogP contribution in [0.3, 0.4) is 0 Å². The normalized spacial score (nSPS) is 12.6. The molecule has 0 fully saturated rings. The van der Waals surface area contributed by atoms with Crippen LogP contribution < -0.4 is 5.32 Å². The van der Waals surface area contributed by atoms with Crippen molar-refractivity contribution in [2.75, 3.05) is 6.54 Å². The zero-order valence-electron chi connectivity index (χ0n) is 9.60. The summed E-state index contributed by atoms with van der Waals surface area (Å²) >= 11 is 1.76. The predicted molar refractivity (Wildman–Crippen MR) is 68.8 cm³/mol. The van der Waals surface area contributed by atoms with E-state index in [-0.39, 0.29) is 6.04 Å². The van der Waals surface area contributed by atoms with Crippen LogP contribution in [-0.2, 0) is 0 Å². The van der Waals surface area contributed by atoms with Crippen LogP contribution in [0.5, 0.6) is 0 Å². The van der Waals surface area contributed by atoms with Gasteiger partial charge in [0.15, 0.2) is 0 Å². The Labute approximate surface area is 100 Å². The molecule has 1 N–H and O–H groups in total. The van der Waals surface area contributed by atoms with Gasteiger partial charge in [-0.3, -0.25) is 0 Å². The van der Waals surface area contributed by atoms with Gasteiger partial charge in [0.2, 0.25) is 0 Å². The van der Waals surface area contributed by atoms with Gasteiger partial charge in [0, 0.05) is 11.1 Å². The maximum atomic E-state index is 4.32. The fraction of sp³-hybridized carbons (Fsp3) is 0.308. The van der Waals surface area contributed by atoms with Gasteiger partial charge in [0.05, 0.1) is 11.0 Å². The average Bonchev–Trinajstić information content (AvgIpc) is 2.74. The zero-order chi connectivity index (χ0) is 11.4. The van der Waals surface area contributed by atoms with Gasteiger partial charge in [-0.2, -0.15) is 0 Å². The third-order valence-electron chi connectivity index (χ3n) is 2.46. The summed E-state index contributed by atoms with van der Waals surface area (Å²) in [5.41, 5.74) is 1.30. The molecule has 0 saturated heterocycles. The van der Waals surface area contributed by atoms with Crippen molar-refractivity contribution in [3.8, 4) is 0 Å². The Morgan fingerprint density at radius 1 is 1.31 bits per heavy atom. The first-order valence-corrected chi connectivity index (χ1v) is 6.33. The maximum Gasteiger partial charge on any atom is 0.0897 e. The molecule has 84 valence electrons. The average molecular weight is 232 g/mol. The van der Waals surface area contributed by atoms with E-state index in [1.165, 1.54) is 10.4 Å². The SMILES string of the molecule is CCNC(c1ccccc1)c1cnc(C)s1. The number of benzene rings is 1. The lowest BCUT2D eigenvalue weighted by molar-refractivity contribution is 0.638. The molecule has 2 rings (SSSR count). The molecule has 0 radical (unpaired) electrons. The minimum absolute atomic E-state index is 0.275. The Morgan fingerprint density at radius 2 is 2.06 bits per heavy atom. The molecule has 0 spiro atoms. The Kier molecular flexibility index (Phi) is 3.70. The number of aryl methyl sites for hydroxylation is 1. The van der Waals surface area contributed by atoms with Crippen LogP contribution in [0.25, 0.3) is 0 Å². The summed E-state index contributed by atoms with van der Waals surface area (Å²) in [5, 5.41) is 4.62. The first-order chi connectivity index (χ1) is 7.81. The standard InChI is InChI=1S/C13H16N2S/c1-3-14-13(11-7-5-4-6-8-11)12-9-15-10(2)16-12/h4-9,13-14H,3H2,1-2H3. The highest BCUT2D eigenvalue weighted by Gasteiger charge is 2.14. The van der Waals surface area contributed by atoms with Gasteiger partial charge in [0.1, 0.15) is 0 Å². The molecule has 0 bridgehead atoms. The first kappa shape index (κ1) is 11.3. The van der Waals surface area contributed by atoms with Crippen LogP contribution in [0.4, 0.5) is 0 Å². The van der Waals surface area contributed by atoms with Gasteiger partial charge in [-0.25, -0.2) is 4.98 Å². The topological polar surface area (TPSA) is 24.9 Å². The number of hydrogen-bond donors (Lipinski definition) is 1. The summed E-state index contributed by atoms with van der Waals surface area (Å²) < 4.78 is 0. The third-order valence-corrected chi connectivity index (χ3v) is 3.44. The van der Waals surface area contributed by atoms with E-state index in [1.807, 2.05) is 19.2 Å². The number of rotatable bonds is 4. The van der Waals surface area contributed by atoms with Crippen molar-refractivity contribution in [3.05, 3.63) is 52.0 Å². The Balaban J connectivity index is 2.31. The Morgan fingerprint density at radius 3 is 2.62 bits per heavy atom. The van der Waals surface area contributed by atoms with E-state index in [0.29, 0.717) is 0 Å². The van der Waals surface area contributed by atoms with Crippen LogP contribution in [0.2, 0.25) is 0 Å². The quantitative estimate of drug-likeness (QED) is 0.876. The molecule has 1 atom stereocenters. The molecule has 2 nitrogen and oxygen atoms in total. The van der Waals surface area contributed by atoms with Crippen LogP contribution in [0, 0.1) is 6.92 Å². The Hall–Kier alpha value is -1.19. The van der Waals surface area contributed by atoms with E-state index in [4.69, 9.17) is 0 Å². The van der Waals surface area contributed by atoms with Crippen molar-refractivity contribution in [2.45, 2.75) is 19.9 Å². The number of aromatic nitrogens is 1. The molecular weight excluding hydrogens is 216 g/mol. The molecule has 0 amide bonds. The molecule has 3 heteroatoms. The van der Waals surface area contributed by atoms with Crippen molar-refractivity contribution < 1.29 is 0 Å². The third kappa shape index (κ3) is 2.49. The van der Waals surface area contributed by atoms with E-state index in [1.54, 1.807) is 11.3 Å². The Bertz CT molecular complexity index is 436. The summed E-state index contributed by atoms with van der Waals surface area (Å²) in [6.45, 7) is 5.13. The summed E-state index contributed by atoms with van der Waals surface area (Å²) in [4.78, 5) is 5.61. The smallest absolute Gasteiger partial charge is 0.0897 e. The van der Waals surface area contributed by atoms with E-state index in [0.717, 1.165) is 11.6 Å². The highest BCUT2D eigenvalue weighted by Crippen LogP contribution is 2.26. The zero-order valence-corrected chi connectivity index (χ0v) is 10.4. The lowest BCUT2D eigenvalue weighted by Gasteiger charge is -2.16. The minimum atomic E-state index is 0.275. The summed E-state index contributed by atoms with van der Waals surface area (Å²) in [5.74, 6) is 0. The van der Waals surface area contributed by atoms with E-state index in [9.17, 15) is 0 Å². The van der Waals surface area contributed by atoms with Gasteiger partial charge in [-0.1, -0.05) is 37.3 Å². The van der Waals surface area contributed by atoms with Crippen molar-refractivity contribution in [1.82, 2.24) is 10.3 Å². The lowest BCUT2D eigenvalue weighted by atomic mass is 10.1. The van der Waals surface area contributed by atoms with Gasteiger partial charge >= 0.3 is 0 Å². The van der Waals surface area contributed by atoms with E-state index in [2.05, 4.69) is 41.5 Å². The number of nitrogens with zero attached hydrogens (tertiary/aromatic N) is 1. The molecule has 1 heterocycles. The molecule has 2 aromatic rings. The largest absolute Gasteiger partial charge is 0.306 e. The second kappa shape index (κ2) is 5.23. The van der Waals surface area contributed by atoms with Gasteiger partial charge < -0.3 is 5.32 Å². The van der Waals surface area contributed by atoms with Crippen molar-refractivity contribution in [3.63, 3.8) is 0 Å². The first-order valence-electron chi connectivity index (χ1n) is 5.52. The lowest BCUT2D eigenvalue weighted by Crippen LogP contribution is -2.20. The molecule has 0 saturated carbocycles. The fourth-order valence-electron chi connectivity index (χ4n) is 1.74. The van der Waals surface area contributed by atoms with Crippen LogP contribution >= 0.6 is 11.3 Å². The highest BCUT2D eigenvalue weighted by atomic mass is 32.1. The molecule has 1 aromatic heterocycles. The van der Waals surface area contributed by atoms with E-state index >= 15 is 0 Å². The van der Waals surface area contributed by atoms with E-state index < -0.39 is 0 Å².